The smallest absolute Gasteiger partial charge is 0.337 e. The second kappa shape index (κ2) is 5.10. The second-order valence-corrected chi connectivity index (χ2v) is 5.35. The summed E-state index contributed by atoms with van der Waals surface area (Å²) in [6, 6.07) is 19.4. The fourth-order valence-electron chi connectivity index (χ4n) is 2.43. The molecule has 0 unspecified atom stereocenters. The highest BCUT2D eigenvalue weighted by molar-refractivity contribution is 9.10. The van der Waals surface area contributed by atoms with E-state index in [0.717, 1.165) is 21.9 Å². The third-order valence-electron chi connectivity index (χ3n) is 3.31. The molecule has 0 spiro atoms. The predicted molar refractivity (Wildman–Crippen MR) is 84.0 cm³/mol. The Hall–Kier alpha value is -2.13. The lowest BCUT2D eigenvalue weighted by atomic mass is 9.95. The van der Waals surface area contributed by atoms with Crippen LogP contribution in [0.5, 0.6) is 0 Å². The van der Waals surface area contributed by atoms with Gasteiger partial charge < -0.3 is 5.11 Å². The van der Waals surface area contributed by atoms with Crippen LogP contribution in [0, 0.1) is 0 Å². The molecule has 0 radical (unpaired) electrons. The van der Waals surface area contributed by atoms with Gasteiger partial charge in [0.25, 0.3) is 0 Å². The maximum absolute atomic E-state index is 11.5. The number of hydrogen-bond acceptors (Lipinski definition) is 1. The Labute approximate surface area is 124 Å². The monoisotopic (exact) mass is 326 g/mol. The number of halogens is 1. The largest absolute Gasteiger partial charge is 0.478 e. The van der Waals surface area contributed by atoms with Crippen molar-refractivity contribution >= 4 is 32.7 Å². The minimum absolute atomic E-state index is 0.295. The van der Waals surface area contributed by atoms with Gasteiger partial charge in [0.15, 0.2) is 0 Å². The summed E-state index contributed by atoms with van der Waals surface area (Å²) in [4.78, 5) is 11.5. The summed E-state index contributed by atoms with van der Waals surface area (Å²) < 4.78 is 0.593. The van der Waals surface area contributed by atoms with E-state index < -0.39 is 5.97 Å². The molecule has 3 aromatic carbocycles. The predicted octanol–water partition coefficient (Wildman–Crippen LogP) is 4.97. The van der Waals surface area contributed by atoms with Crippen LogP contribution in [-0.4, -0.2) is 11.1 Å². The molecule has 3 aromatic rings. The standard InChI is InChI=1S/C17H11BrO2/c18-15-10-4-9-14(16(15)17(19)20)13-8-3-6-11-5-1-2-7-12(11)13/h1-10H,(H,19,20). The van der Waals surface area contributed by atoms with E-state index in [1.807, 2.05) is 54.6 Å². The van der Waals surface area contributed by atoms with Crippen LogP contribution >= 0.6 is 15.9 Å². The Bertz CT molecular complexity index is 804. The van der Waals surface area contributed by atoms with Gasteiger partial charge in [-0.2, -0.15) is 0 Å². The van der Waals surface area contributed by atoms with E-state index in [9.17, 15) is 9.90 Å². The van der Waals surface area contributed by atoms with Crippen molar-refractivity contribution < 1.29 is 9.90 Å². The van der Waals surface area contributed by atoms with Crippen LogP contribution in [0.3, 0.4) is 0 Å². The summed E-state index contributed by atoms with van der Waals surface area (Å²) in [5.74, 6) is -0.930. The molecule has 0 aromatic heterocycles. The number of carbonyl (C=O) groups is 1. The molecule has 0 fully saturated rings. The van der Waals surface area contributed by atoms with Crippen molar-refractivity contribution in [2.75, 3.05) is 0 Å². The van der Waals surface area contributed by atoms with Crippen molar-refractivity contribution in [1.82, 2.24) is 0 Å². The maximum Gasteiger partial charge on any atom is 0.337 e. The molecule has 0 atom stereocenters. The van der Waals surface area contributed by atoms with Gasteiger partial charge in [-0.3, -0.25) is 0 Å². The molecular weight excluding hydrogens is 316 g/mol. The first-order valence-corrected chi connectivity index (χ1v) is 6.98. The molecule has 0 amide bonds. The SMILES string of the molecule is O=C(O)c1c(Br)cccc1-c1cccc2ccccc12. The van der Waals surface area contributed by atoms with E-state index in [1.165, 1.54) is 0 Å². The zero-order valence-electron chi connectivity index (χ0n) is 10.5. The molecular formula is C17H11BrO2. The highest BCUT2D eigenvalue weighted by Gasteiger charge is 2.16. The van der Waals surface area contributed by atoms with Gasteiger partial charge in [0.05, 0.1) is 5.56 Å². The zero-order chi connectivity index (χ0) is 14.1. The summed E-state index contributed by atoms with van der Waals surface area (Å²) in [5, 5.41) is 11.6. The number of aromatic carboxylic acids is 1. The van der Waals surface area contributed by atoms with Gasteiger partial charge in [0.2, 0.25) is 0 Å². The van der Waals surface area contributed by atoms with Crippen molar-refractivity contribution in [2.45, 2.75) is 0 Å². The van der Waals surface area contributed by atoms with Gasteiger partial charge in [-0.25, -0.2) is 4.79 Å². The fourth-order valence-corrected chi connectivity index (χ4v) is 2.96. The normalized spacial score (nSPS) is 10.7. The van der Waals surface area contributed by atoms with Crippen molar-refractivity contribution in [1.29, 1.82) is 0 Å². The highest BCUT2D eigenvalue weighted by atomic mass is 79.9. The van der Waals surface area contributed by atoms with Gasteiger partial charge in [-0.05, 0) is 43.9 Å². The molecule has 0 aliphatic carbocycles. The van der Waals surface area contributed by atoms with Crippen molar-refractivity contribution in [2.24, 2.45) is 0 Å². The molecule has 3 heteroatoms. The lowest BCUT2D eigenvalue weighted by Crippen LogP contribution is -2.01. The summed E-state index contributed by atoms with van der Waals surface area (Å²) in [5.41, 5.74) is 1.95. The molecule has 0 aliphatic heterocycles. The molecule has 0 saturated carbocycles. The van der Waals surface area contributed by atoms with E-state index in [-0.39, 0.29) is 0 Å². The summed E-state index contributed by atoms with van der Waals surface area (Å²) in [6.45, 7) is 0. The van der Waals surface area contributed by atoms with Gasteiger partial charge >= 0.3 is 5.97 Å². The maximum atomic E-state index is 11.5. The summed E-state index contributed by atoms with van der Waals surface area (Å²) in [6.07, 6.45) is 0. The van der Waals surface area contributed by atoms with Crippen LogP contribution in [0.25, 0.3) is 21.9 Å². The Morgan fingerprint density at radius 1 is 0.850 bits per heavy atom. The van der Waals surface area contributed by atoms with Crippen molar-refractivity contribution in [3.63, 3.8) is 0 Å². The first-order chi connectivity index (χ1) is 9.68. The van der Waals surface area contributed by atoms with Gasteiger partial charge in [0, 0.05) is 4.47 Å². The number of fused-ring (bicyclic) bond motifs is 1. The second-order valence-electron chi connectivity index (χ2n) is 4.49. The number of hydrogen-bond donors (Lipinski definition) is 1. The third-order valence-corrected chi connectivity index (χ3v) is 3.97. The quantitative estimate of drug-likeness (QED) is 0.722. The van der Waals surface area contributed by atoms with Gasteiger partial charge in [-0.1, -0.05) is 54.6 Å². The first-order valence-electron chi connectivity index (χ1n) is 6.18. The van der Waals surface area contributed by atoms with E-state index in [2.05, 4.69) is 15.9 Å². The molecule has 2 nitrogen and oxygen atoms in total. The lowest BCUT2D eigenvalue weighted by Gasteiger charge is -2.11. The third kappa shape index (κ3) is 2.10. The van der Waals surface area contributed by atoms with Crippen LogP contribution in [0.15, 0.2) is 65.1 Å². The number of carboxylic acid groups (broad SMARTS) is 1. The minimum Gasteiger partial charge on any atom is -0.478 e. The van der Waals surface area contributed by atoms with Crippen LogP contribution in [0.2, 0.25) is 0 Å². The van der Waals surface area contributed by atoms with Crippen LogP contribution < -0.4 is 0 Å². The van der Waals surface area contributed by atoms with E-state index in [4.69, 9.17) is 0 Å². The molecule has 0 aliphatic rings. The first kappa shape index (κ1) is 12.9. The number of benzene rings is 3. The molecule has 20 heavy (non-hydrogen) atoms. The topological polar surface area (TPSA) is 37.3 Å². The van der Waals surface area contributed by atoms with Crippen molar-refractivity contribution in [3.8, 4) is 11.1 Å². The molecule has 0 bridgehead atoms. The Morgan fingerprint density at radius 2 is 1.50 bits per heavy atom. The summed E-state index contributed by atoms with van der Waals surface area (Å²) in [7, 11) is 0. The number of carboxylic acids is 1. The van der Waals surface area contributed by atoms with E-state index in [0.29, 0.717) is 10.0 Å². The van der Waals surface area contributed by atoms with E-state index >= 15 is 0 Å². The van der Waals surface area contributed by atoms with Gasteiger partial charge in [0.1, 0.15) is 0 Å². The van der Waals surface area contributed by atoms with Crippen LogP contribution in [-0.2, 0) is 0 Å². The highest BCUT2D eigenvalue weighted by Crippen LogP contribution is 2.34. The van der Waals surface area contributed by atoms with Gasteiger partial charge in [-0.15, -0.1) is 0 Å². The molecule has 0 saturated heterocycles. The summed E-state index contributed by atoms with van der Waals surface area (Å²) >= 11 is 3.33. The van der Waals surface area contributed by atoms with E-state index in [1.54, 1.807) is 6.07 Å². The Balaban J connectivity index is 2.37. The Morgan fingerprint density at radius 3 is 2.30 bits per heavy atom. The van der Waals surface area contributed by atoms with Crippen LogP contribution in [0.4, 0.5) is 0 Å². The lowest BCUT2D eigenvalue weighted by molar-refractivity contribution is 0.0697. The average Bonchev–Trinajstić information content (AvgIpc) is 2.46. The number of rotatable bonds is 2. The average molecular weight is 327 g/mol. The minimum atomic E-state index is -0.930. The molecule has 98 valence electrons. The fraction of sp³-hybridized carbons (Fsp3) is 0. The van der Waals surface area contributed by atoms with Crippen molar-refractivity contribution in [3.05, 3.63) is 70.7 Å². The van der Waals surface area contributed by atoms with Crippen LogP contribution in [0.1, 0.15) is 10.4 Å². The Kier molecular flexibility index (Phi) is 3.28. The molecule has 1 N–H and O–H groups in total. The zero-order valence-corrected chi connectivity index (χ0v) is 12.1. The molecule has 0 heterocycles. The molecule has 3 rings (SSSR count).